The maximum Gasteiger partial charge on any atom is 0.255 e. The van der Waals surface area contributed by atoms with E-state index in [2.05, 4.69) is 15.0 Å². The first-order valence-electron chi connectivity index (χ1n) is 8.31. The van der Waals surface area contributed by atoms with Gasteiger partial charge in [-0.2, -0.15) is 0 Å². The molecule has 0 aliphatic rings. The first kappa shape index (κ1) is 18.8. The van der Waals surface area contributed by atoms with Crippen LogP contribution in [-0.2, 0) is 16.6 Å². The van der Waals surface area contributed by atoms with E-state index in [0.717, 1.165) is 11.1 Å². The number of carbonyl (C=O) groups is 1. The van der Waals surface area contributed by atoms with Crippen LogP contribution in [0.5, 0.6) is 0 Å². The second-order valence-electron chi connectivity index (χ2n) is 6.02. The number of nitrogens with one attached hydrogen (secondary N) is 2. The molecule has 1 aromatic heterocycles. The van der Waals surface area contributed by atoms with Crippen LogP contribution in [0.2, 0.25) is 0 Å². The maximum atomic E-state index is 12.3. The second kappa shape index (κ2) is 8.11. The number of carbonyl (C=O) groups excluding carboxylic acids is 1. The summed E-state index contributed by atoms with van der Waals surface area (Å²) in [6, 6.07) is 16.8. The highest BCUT2D eigenvalue weighted by atomic mass is 32.2. The molecule has 0 unspecified atom stereocenters. The summed E-state index contributed by atoms with van der Waals surface area (Å²) >= 11 is 0. The van der Waals surface area contributed by atoms with Gasteiger partial charge in [-0.15, -0.1) is 0 Å². The number of pyridine rings is 1. The fourth-order valence-electron chi connectivity index (χ4n) is 2.39. The molecule has 0 radical (unpaired) electrons. The van der Waals surface area contributed by atoms with Crippen LogP contribution < -0.4 is 10.0 Å². The lowest BCUT2D eigenvalue weighted by Gasteiger charge is -2.08. The third-order valence-corrected chi connectivity index (χ3v) is 5.37. The van der Waals surface area contributed by atoms with Gasteiger partial charge < -0.3 is 5.32 Å². The van der Waals surface area contributed by atoms with Gasteiger partial charge in [-0.05, 0) is 48.9 Å². The molecule has 7 heteroatoms. The normalized spacial score (nSPS) is 11.1. The maximum absolute atomic E-state index is 12.3. The molecule has 0 saturated carbocycles. The highest BCUT2D eigenvalue weighted by Gasteiger charge is 2.13. The number of aryl methyl sites for hydroxylation is 1. The van der Waals surface area contributed by atoms with Crippen molar-refractivity contribution in [2.45, 2.75) is 18.4 Å². The zero-order chi connectivity index (χ0) is 19.3. The third-order valence-electron chi connectivity index (χ3n) is 3.95. The number of hydrogen-bond donors (Lipinski definition) is 2. The van der Waals surface area contributed by atoms with Crippen molar-refractivity contribution in [1.29, 1.82) is 0 Å². The third kappa shape index (κ3) is 4.99. The van der Waals surface area contributed by atoms with Crippen molar-refractivity contribution in [3.05, 3.63) is 89.7 Å². The van der Waals surface area contributed by atoms with Crippen LogP contribution in [0.1, 0.15) is 21.5 Å². The molecule has 0 bridgehead atoms. The van der Waals surface area contributed by atoms with Crippen molar-refractivity contribution < 1.29 is 13.2 Å². The SMILES string of the molecule is Cc1ccc(S(=O)(=O)NCc2ccc(C(=O)Nc3ccncc3)cc2)cc1. The Kier molecular flexibility index (Phi) is 5.63. The van der Waals surface area contributed by atoms with Gasteiger partial charge in [0.15, 0.2) is 0 Å². The summed E-state index contributed by atoms with van der Waals surface area (Å²) in [6.45, 7) is 2.04. The number of anilines is 1. The molecule has 1 amide bonds. The van der Waals surface area contributed by atoms with Gasteiger partial charge in [0, 0.05) is 30.2 Å². The van der Waals surface area contributed by atoms with Crippen LogP contribution in [0.4, 0.5) is 5.69 Å². The second-order valence-corrected chi connectivity index (χ2v) is 7.79. The van der Waals surface area contributed by atoms with E-state index in [-0.39, 0.29) is 17.3 Å². The summed E-state index contributed by atoms with van der Waals surface area (Å²) in [5, 5.41) is 2.77. The molecular weight excluding hydrogens is 362 g/mol. The van der Waals surface area contributed by atoms with Crippen molar-refractivity contribution in [3.8, 4) is 0 Å². The van der Waals surface area contributed by atoms with Crippen LogP contribution in [0, 0.1) is 6.92 Å². The average Bonchev–Trinajstić information content (AvgIpc) is 2.68. The Bertz CT molecular complexity index is 1020. The Morgan fingerprint density at radius 3 is 2.19 bits per heavy atom. The minimum atomic E-state index is -3.58. The molecule has 138 valence electrons. The highest BCUT2D eigenvalue weighted by Crippen LogP contribution is 2.12. The zero-order valence-electron chi connectivity index (χ0n) is 14.7. The molecule has 0 atom stereocenters. The van der Waals surface area contributed by atoms with Crippen LogP contribution in [0.25, 0.3) is 0 Å². The smallest absolute Gasteiger partial charge is 0.255 e. The van der Waals surface area contributed by atoms with Crippen LogP contribution in [0.15, 0.2) is 78.0 Å². The molecule has 0 aliphatic heterocycles. The number of nitrogens with zero attached hydrogens (tertiary/aromatic N) is 1. The molecular formula is C20H19N3O3S. The fraction of sp³-hybridized carbons (Fsp3) is 0.100. The first-order chi connectivity index (χ1) is 12.9. The lowest BCUT2D eigenvalue weighted by molar-refractivity contribution is 0.102. The van der Waals surface area contributed by atoms with Crippen molar-refractivity contribution in [2.75, 3.05) is 5.32 Å². The Balaban J connectivity index is 1.62. The minimum absolute atomic E-state index is 0.141. The molecule has 0 aliphatic carbocycles. The molecule has 3 rings (SSSR count). The van der Waals surface area contributed by atoms with Crippen molar-refractivity contribution in [3.63, 3.8) is 0 Å². The monoisotopic (exact) mass is 381 g/mol. The summed E-state index contributed by atoms with van der Waals surface area (Å²) in [5.74, 6) is -0.243. The minimum Gasteiger partial charge on any atom is -0.322 e. The van der Waals surface area contributed by atoms with E-state index in [9.17, 15) is 13.2 Å². The van der Waals surface area contributed by atoms with Gasteiger partial charge in [-0.3, -0.25) is 9.78 Å². The molecule has 2 aromatic carbocycles. The van der Waals surface area contributed by atoms with Crippen LogP contribution >= 0.6 is 0 Å². The summed E-state index contributed by atoms with van der Waals surface area (Å²) < 4.78 is 27.2. The van der Waals surface area contributed by atoms with Crippen LogP contribution in [0.3, 0.4) is 0 Å². The molecule has 0 spiro atoms. The zero-order valence-corrected chi connectivity index (χ0v) is 15.5. The van der Waals surface area contributed by atoms with Gasteiger partial charge in [-0.25, -0.2) is 13.1 Å². The van der Waals surface area contributed by atoms with Gasteiger partial charge in [0.2, 0.25) is 10.0 Å². The number of sulfonamides is 1. The van der Waals surface area contributed by atoms with E-state index < -0.39 is 10.0 Å². The topological polar surface area (TPSA) is 88.2 Å². The van der Waals surface area contributed by atoms with E-state index in [0.29, 0.717) is 11.3 Å². The number of amides is 1. The van der Waals surface area contributed by atoms with Crippen molar-refractivity contribution in [2.24, 2.45) is 0 Å². The van der Waals surface area contributed by atoms with E-state index in [1.54, 1.807) is 73.1 Å². The molecule has 3 aromatic rings. The molecule has 1 heterocycles. The van der Waals surface area contributed by atoms with E-state index in [1.165, 1.54) is 0 Å². The quantitative estimate of drug-likeness (QED) is 0.687. The Hall–Kier alpha value is -3.03. The number of aromatic nitrogens is 1. The Morgan fingerprint density at radius 1 is 0.926 bits per heavy atom. The number of hydrogen-bond acceptors (Lipinski definition) is 4. The van der Waals surface area contributed by atoms with Crippen molar-refractivity contribution >= 4 is 21.6 Å². The summed E-state index contributed by atoms with van der Waals surface area (Å²) in [7, 11) is -3.58. The number of rotatable bonds is 6. The van der Waals surface area contributed by atoms with Gasteiger partial charge >= 0.3 is 0 Å². The Morgan fingerprint density at radius 2 is 1.56 bits per heavy atom. The fourth-order valence-corrected chi connectivity index (χ4v) is 3.41. The molecule has 6 nitrogen and oxygen atoms in total. The molecule has 27 heavy (non-hydrogen) atoms. The first-order valence-corrected chi connectivity index (χ1v) is 9.79. The summed E-state index contributed by atoms with van der Waals surface area (Å²) in [6.07, 6.45) is 3.19. The van der Waals surface area contributed by atoms with Gasteiger partial charge in [0.05, 0.1) is 4.90 Å². The van der Waals surface area contributed by atoms with Crippen molar-refractivity contribution in [1.82, 2.24) is 9.71 Å². The molecule has 2 N–H and O–H groups in total. The van der Waals surface area contributed by atoms with Gasteiger partial charge in [0.1, 0.15) is 0 Å². The lowest BCUT2D eigenvalue weighted by atomic mass is 10.1. The highest BCUT2D eigenvalue weighted by molar-refractivity contribution is 7.89. The number of benzene rings is 2. The van der Waals surface area contributed by atoms with E-state index in [1.807, 2.05) is 6.92 Å². The standard InChI is InChI=1S/C20H19N3O3S/c1-15-2-8-19(9-3-15)27(25,26)22-14-16-4-6-17(7-5-16)20(24)23-18-10-12-21-13-11-18/h2-13,22H,14H2,1H3,(H,21,23,24). The lowest BCUT2D eigenvalue weighted by Crippen LogP contribution is -2.23. The largest absolute Gasteiger partial charge is 0.322 e. The molecule has 0 fully saturated rings. The summed E-state index contributed by atoms with van der Waals surface area (Å²) in [4.78, 5) is 16.3. The van der Waals surface area contributed by atoms with Gasteiger partial charge in [0.25, 0.3) is 5.91 Å². The molecule has 0 saturated heterocycles. The van der Waals surface area contributed by atoms with E-state index in [4.69, 9.17) is 0 Å². The predicted octanol–water partition coefficient (Wildman–Crippen LogP) is 3.12. The van der Waals surface area contributed by atoms with Gasteiger partial charge in [-0.1, -0.05) is 29.8 Å². The van der Waals surface area contributed by atoms with E-state index >= 15 is 0 Å². The Labute approximate surface area is 158 Å². The predicted molar refractivity (Wildman–Crippen MR) is 104 cm³/mol. The average molecular weight is 381 g/mol. The summed E-state index contributed by atoms with van der Waals surface area (Å²) in [5.41, 5.74) is 2.89. The van der Waals surface area contributed by atoms with Crippen LogP contribution in [-0.4, -0.2) is 19.3 Å².